The number of ketones is 2. The van der Waals surface area contributed by atoms with Crippen molar-refractivity contribution in [1.29, 1.82) is 0 Å². The van der Waals surface area contributed by atoms with E-state index in [2.05, 4.69) is 41.8 Å². The van der Waals surface area contributed by atoms with Gasteiger partial charge in [0.1, 0.15) is 0 Å². The van der Waals surface area contributed by atoms with E-state index in [1.807, 2.05) is 13.0 Å². The zero-order chi connectivity index (χ0) is 20.4. The zero-order valence-corrected chi connectivity index (χ0v) is 17.7. The van der Waals surface area contributed by atoms with Gasteiger partial charge >= 0.3 is 0 Å². The fourth-order valence-electron chi connectivity index (χ4n) is 5.58. The first-order valence-electron chi connectivity index (χ1n) is 11.5. The highest BCUT2D eigenvalue weighted by atomic mass is 16.2. The highest BCUT2D eigenvalue weighted by Gasteiger charge is 2.49. The topological polar surface area (TPSA) is 58.2 Å². The van der Waals surface area contributed by atoms with Crippen molar-refractivity contribution in [3.05, 3.63) is 47.2 Å². The molecule has 1 heterocycles. The van der Waals surface area contributed by atoms with E-state index in [4.69, 9.17) is 0 Å². The van der Waals surface area contributed by atoms with Crippen LogP contribution in [-0.2, 0) is 16.0 Å². The lowest BCUT2D eigenvalue weighted by Crippen LogP contribution is -2.49. The predicted molar refractivity (Wildman–Crippen MR) is 115 cm³/mol. The van der Waals surface area contributed by atoms with Gasteiger partial charge in [-0.2, -0.15) is 0 Å². The van der Waals surface area contributed by atoms with Gasteiger partial charge in [0.2, 0.25) is 0 Å². The SMILES string of the molecule is CCC1C(=O)C2=C(NC(NC3CCCCC3)C2Cc2ccccc2)C(CC)C1=O. The number of nitrogens with one attached hydrogen (secondary N) is 2. The Balaban J connectivity index is 1.67. The average molecular weight is 395 g/mol. The lowest BCUT2D eigenvalue weighted by atomic mass is 9.72. The molecule has 1 saturated carbocycles. The van der Waals surface area contributed by atoms with Crippen molar-refractivity contribution in [2.24, 2.45) is 17.8 Å². The molecule has 0 amide bonds. The van der Waals surface area contributed by atoms with Crippen LogP contribution in [-0.4, -0.2) is 23.8 Å². The molecule has 156 valence electrons. The third-order valence-corrected chi connectivity index (χ3v) is 7.13. The van der Waals surface area contributed by atoms with E-state index in [1.54, 1.807) is 0 Å². The minimum atomic E-state index is -0.466. The molecule has 0 bridgehead atoms. The zero-order valence-electron chi connectivity index (χ0n) is 17.7. The first-order valence-corrected chi connectivity index (χ1v) is 11.5. The van der Waals surface area contributed by atoms with Gasteiger partial charge in [0.15, 0.2) is 11.6 Å². The summed E-state index contributed by atoms with van der Waals surface area (Å²) in [4.78, 5) is 26.4. The fraction of sp³-hybridized carbons (Fsp3) is 0.600. The molecule has 1 aromatic rings. The van der Waals surface area contributed by atoms with Gasteiger partial charge in [-0.1, -0.05) is 63.4 Å². The van der Waals surface area contributed by atoms with Gasteiger partial charge in [0, 0.05) is 23.2 Å². The molecule has 0 aromatic heterocycles. The van der Waals surface area contributed by atoms with Crippen molar-refractivity contribution >= 4 is 11.6 Å². The number of hydrogen-bond donors (Lipinski definition) is 2. The predicted octanol–water partition coefficient (Wildman–Crippen LogP) is 4.16. The first-order chi connectivity index (χ1) is 14.1. The van der Waals surface area contributed by atoms with Gasteiger partial charge in [-0.25, -0.2) is 0 Å². The molecule has 1 aliphatic heterocycles. The second-order valence-corrected chi connectivity index (χ2v) is 8.94. The molecule has 4 rings (SSSR count). The van der Waals surface area contributed by atoms with Gasteiger partial charge in [-0.15, -0.1) is 0 Å². The maximum absolute atomic E-state index is 13.4. The molecule has 1 fully saturated rings. The number of carbonyl (C=O) groups is 2. The second kappa shape index (κ2) is 8.83. The summed E-state index contributed by atoms with van der Waals surface area (Å²) in [6, 6.07) is 10.9. The fourth-order valence-corrected chi connectivity index (χ4v) is 5.58. The smallest absolute Gasteiger partial charge is 0.171 e. The molecule has 2 aliphatic carbocycles. The molecule has 29 heavy (non-hydrogen) atoms. The molecule has 4 heteroatoms. The quantitative estimate of drug-likeness (QED) is 0.712. The van der Waals surface area contributed by atoms with Crippen molar-refractivity contribution in [3.8, 4) is 0 Å². The van der Waals surface area contributed by atoms with Crippen LogP contribution in [0.4, 0.5) is 0 Å². The molecule has 2 N–H and O–H groups in total. The van der Waals surface area contributed by atoms with Crippen molar-refractivity contribution in [3.63, 3.8) is 0 Å². The summed E-state index contributed by atoms with van der Waals surface area (Å²) in [6.45, 7) is 4.02. The van der Waals surface area contributed by atoms with Crippen molar-refractivity contribution in [2.75, 3.05) is 0 Å². The Morgan fingerprint density at radius 3 is 2.31 bits per heavy atom. The number of benzene rings is 1. The Morgan fingerprint density at radius 1 is 0.966 bits per heavy atom. The molecule has 0 radical (unpaired) electrons. The molecule has 0 spiro atoms. The van der Waals surface area contributed by atoms with Gasteiger partial charge < -0.3 is 5.32 Å². The van der Waals surface area contributed by atoms with Crippen molar-refractivity contribution in [1.82, 2.24) is 10.6 Å². The summed E-state index contributed by atoms with van der Waals surface area (Å²) in [5, 5.41) is 7.48. The number of rotatable bonds is 6. The second-order valence-electron chi connectivity index (χ2n) is 8.94. The Kier molecular flexibility index (Phi) is 6.19. The van der Waals surface area contributed by atoms with Gasteiger partial charge in [0.05, 0.1) is 18.0 Å². The van der Waals surface area contributed by atoms with Crippen molar-refractivity contribution in [2.45, 2.75) is 77.4 Å². The first kappa shape index (κ1) is 20.3. The molecule has 4 atom stereocenters. The Bertz CT molecular complexity index is 779. The van der Waals surface area contributed by atoms with Crippen LogP contribution >= 0.6 is 0 Å². The van der Waals surface area contributed by atoms with E-state index in [1.165, 1.54) is 37.7 Å². The molecule has 1 aromatic carbocycles. The largest absolute Gasteiger partial charge is 0.372 e. The standard InChI is InChI=1S/C25H34N2O2/c1-3-18-22-21(24(29)19(4-2)23(18)28)20(15-16-11-7-5-8-12-16)25(27-22)26-17-13-9-6-10-14-17/h5,7-8,11-12,17-20,25-27H,3-4,6,9-10,13-15H2,1-2H3. The minimum absolute atomic E-state index is 0.0321. The lowest BCUT2D eigenvalue weighted by Gasteiger charge is -2.31. The Morgan fingerprint density at radius 2 is 1.66 bits per heavy atom. The van der Waals surface area contributed by atoms with E-state index in [0.717, 1.165) is 24.1 Å². The number of allylic oxidation sites excluding steroid dienone is 1. The van der Waals surface area contributed by atoms with Crippen LogP contribution < -0.4 is 10.6 Å². The van der Waals surface area contributed by atoms with E-state index in [9.17, 15) is 9.59 Å². The number of Topliss-reactive ketones (excluding diaryl/α,β-unsaturated/α-hetero) is 2. The highest BCUT2D eigenvalue weighted by molar-refractivity contribution is 6.15. The normalized spacial score (nSPS) is 30.4. The van der Waals surface area contributed by atoms with Crippen LogP contribution in [0, 0.1) is 17.8 Å². The molecule has 4 nitrogen and oxygen atoms in total. The van der Waals surface area contributed by atoms with E-state index in [0.29, 0.717) is 12.5 Å². The molecule has 0 saturated heterocycles. The highest BCUT2D eigenvalue weighted by Crippen LogP contribution is 2.41. The summed E-state index contributed by atoms with van der Waals surface area (Å²) in [7, 11) is 0. The van der Waals surface area contributed by atoms with Gasteiger partial charge in [-0.3, -0.25) is 14.9 Å². The van der Waals surface area contributed by atoms with Gasteiger partial charge in [0.25, 0.3) is 0 Å². The van der Waals surface area contributed by atoms with E-state index in [-0.39, 0.29) is 29.6 Å². The van der Waals surface area contributed by atoms with Gasteiger partial charge in [-0.05, 0) is 37.7 Å². The molecular weight excluding hydrogens is 360 g/mol. The van der Waals surface area contributed by atoms with Crippen LogP contribution in [0.3, 0.4) is 0 Å². The minimum Gasteiger partial charge on any atom is -0.372 e. The van der Waals surface area contributed by atoms with Crippen molar-refractivity contribution < 1.29 is 9.59 Å². The maximum atomic E-state index is 13.4. The molecule has 4 unspecified atom stereocenters. The number of hydrogen-bond acceptors (Lipinski definition) is 4. The maximum Gasteiger partial charge on any atom is 0.171 e. The summed E-state index contributed by atoms with van der Waals surface area (Å²) in [5.41, 5.74) is 3.07. The third-order valence-electron chi connectivity index (χ3n) is 7.13. The summed E-state index contributed by atoms with van der Waals surface area (Å²) in [5.74, 6) is -0.365. The van der Waals surface area contributed by atoms with E-state index < -0.39 is 5.92 Å². The van der Waals surface area contributed by atoms with Crippen LogP contribution in [0.25, 0.3) is 0 Å². The molecular formula is C25H34N2O2. The monoisotopic (exact) mass is 394 g/mol. The van der Waals surface area contributed by atoms with Crippen LogP contribution in [0.2, 0.25) is 0 Å². The summed E-state index contributed by atoms with van der Waals surface area (Å²) >= 11 is 0. The summed E-state index contributed by atoms with van der Waals surface area (Å²) < 4.78 is 0. The lowest BCUT2D eigenvalue weighted by molar-refractivity contribution is -0.134. The molecule has 3 aliphatic rings. The van der Waals surface area contributed by atoms with E-state index >= 15 is 0 Å². The van der Waals surface area contributed by atoms with Crippen LogP contribution in [0.15, 0.2) is 41.6 Å². The van der Waals surface area contributed by atoms with Crippen LogP contribution in [0.5, 0.6) is 0 Å². The van der Waals surface area contributed by atoms with Crippen LogP contribution in [0.1, 0.15) is 64.4 Å². The Hall–Kier alpha value is -1.94. The Labute approximate surface area is 174 Å². The number of carbonyl (C=O) groups excluding carboxylic acids is 2. The third kappa shape index (κ3) is 3.92. The average Bonchev–Trinajstić information content (AvgIpc) is 3.08. The summed E-state index contributed by atoms with van der Waals surface area (Å²) in [6.07, 6.45) is 8.47.